The molecular weight excluding hydrogens is 366 g/mol. The number of rotatable bonds is 5. The van der Waals surface area contributed by atoms with Crippen LogP contribution < -0.4 is 16.6 Å². The summed E-state index contributed by atoms with van der Waals surface area (Å²) in [6.45, 7) is 9.56. The van der Waals surface area contributed by atoms with Crippen LogP contribution in [0.5, 0.6) is 0 Å². The second-order valence-corrected chi connectivity index (χ2v) is 7.68. The lowest BCUT2D eigenvalue weighted by Gasteiger charge is -2.16. The Morgan fingerprint density at radius 3 is 2.41 bits per heavy atom. The number of hydrogen-bond donors (Lipinski definition) is 1. The molecule has 152 valence electrons. The Labute approximate surface area is 169 Å². The summed E-state index contributed by atoms with van der Waals surface area (Å²) >= 11 is 0. The highest BCUT2D eigenvalue weighted by Gasteiger charge is 2.17. The Bertz CT molecular complexity index is 1200. The zero-order valence-electron chi connectivity index (χ0n) is 17.6. The molecule has 1 heterocycles. The minimum atomic E-state index is -0.520. The number of nitrogens with zero attached hydrogens (tertiary/aromatic N) is 2. The van der Waals surface area contributed by atoms with Gasteiger partial charge < -0.3 is 5.32 Å². The van der Waals surface area contributed by atoms with E-state index in [-0.39, 0.29) is 24.1 Å². The molecule has 1 aromatic heterocycles. The van der Waals surface area contributed by atoms with Gasteiger partial charge in [0.05, 0.1) is 16.6 Å². The molecule has 3 aromatic rings. The maximum atomic E-state index is 13.3. The lowest BCUT2D eigenvalue weighted by Crippen LogP contribution is -2.43. The molecule has 0 spiro atoms. The summed E-state index contributed by atoms with van der Waals surface area (Å²) in [6, 6.07) is 10.8. The summed E-state index contributed by atoms with van der Waals surface area (Å²) < 4.78 is 2.54. The van der Waals surface area contributed by atoms with Crippen molar-refractivity contribution in [3.63, 3.8) is 0 Å². The molecule has 0 saturated heterocycles. The number of carbonyl (C=O) groups excluding carboxylic acids is 1. The van der Waals surface area contributed by atoms with E-state index in [2.05, 4.69) is 5.32 Å². The van der Waals surface area contributed by atoms with Crippen LogP contribution >= 0.6 is 0 Å². The average Bonchev–Trinajstić information content (AvgIpc) is 2.68. The number of aromatic nitrogens is 2. The molecule has 0 bridgehead atoms. The van der Waals surface area contributed by atoms with Gasteiger partial charge >= 0.3 is 5.69 Å². The summed E-state index contributed by atoms with van der Waals surface area (Å²) in [5.74, 6) is -0.256. The number of amides is 1. The molecule has 1 atom stereocenters. The Kier molecular flexibility index (Phi) is 5.73. The zero-order chi connectivity index (χ0) is 21.3. The van der Waals surface area contributed by atoms with E-state index in [1.807, 2.05) is 52.8 Å². The van der Waals surface area contributed by atoms with E-state index in [9.17, 15) is 14.4 Å². The van der Waals surface area contributed by atoms with E-state index >= 15 is 0 Å². The van der Waals surface area contributed by atoms with Gasteiger partial charge in [0, 0.05) is 6.04 Å². The predicted octanol–water partition coefficient (Wildman–Crippen LogP) is 2.99. The van der Waals surface area contributed by atoms with Crippen molar-refractivity contribution >= 4 is 16.8 Å². The van der Waals surface area contributed by atoms with Gasteiger partial charge in [-0.3, -0.25) is 14.2 Å². The zero-order valence-corrected chi connectivity index (χ0v) is 17.6. The van der Waals surface area contributed by atoms with Crippen LogP contribution in [0.4, 0.5) is 0 Å². The molecule has 6 heteroatoms. The Morgan fingerprint density at radius 1 is 1.03 bits per heavy atom. The van der Waals surface area contributed by atoms with Gasteiger partial charge in [0.15, 0.2) is 0 Å². The summed E-state index contributed by atoms with van der Waals surface area (Å²) in [5.41, 5.74) is 3.04. The molecule has 29 heavy (non-hydrogen) atoms. The quantitative estimate of drug-likeness (QED) is 0.724. The third-order valence-electron chi connectivity index (χ3n) is 5.37. The van der Waals surface area contributed by atoms with Crippen molar-refractivity contribution in [2.75, 3.05) is 0 Å². The maximum absolute atomic E-state index is 13.3. The predicted molar refractivity (Wildman–Crippen MR) is 116 cm³/mol. The van der Waals surface area contributed by atoms with Crippen LogP contribution in [0.3, 0.4) is 0 Å². The highest BCUT2D eigenvalue weighted by molar-refractivity contribution is 5.82. The fourth-order valence-corrected chi connectivity index (χ4v) is 3.30. The fourth-order valence-electron chi connectivity index (χ4n) is 3.30. The van der Waals surface area contributed by atoms with E-state index in [4.69, 9.17) is 0 Å². The summed E-state index contributed by atoms with van der Waals surface area (Å²) in [6.07, 6.45) is 0.794. The van der Waals surface area contributed by atoms with Gasteiger partial charge in [-0.25, -0.2) is 9.36 Å². The van der Waals surface area contributed by atoms with Gasteiger partial charge in [-0.1, -0.05) is 24.6 Å². The first-order chi connectivity index (χ1) is 13.7. The monoisotopic (exact) mass is 393 g/mol. The number of carbonyl (C=O) groups is 1. The van der Waals surface area contributed by atoms with Crippen molar-refractivity contribution in [3.05, 3.63) is 73.9 Å². The smallest absolute Gasteiger partial charge is 0.336 e. The first kappa shape index (κ1) is 20.6. The minimum Gasteiger partial charge on any atom is -0.352 e. The van der Waals surface area contributed by atoms with Crippen LogP contribution in [-0.4, -0.2) is 21.1 Å². The summed E-state index contributed by atoms with van der Waals surface area (Å²) in [5, 5.41) is 3.30. The van der Waals surface area contributed by atoms with Crippen LogP contribution in [0.2, 0.25) is 0 Å². The van der Waals surface area contributed by atoms with Crippen LogP contribution in [-0.2, 0) is 11.3 Å². The average molecular weight is 393 g/mol. The van der Waals surface area contributed by atoms with E-state index < -0.39 is 5.69 Å². The van der Waals surface area contributed by atoms with E-state index in [1.165, 1.54) is 4.57 Å². The minimum absolute atomic E-state index is 0.0114. The molecule has 3 rings (SSSR count). The molecule has 1 N–H and O–H groups in total. The SMILES string of the molecule is CC[C@@H](C)NC(=O)Cn1c(=O)n(-c2ccc(C)c(C)c2)c(=O)c2cc(C)ccc21. The third-order valence-corrected chi connectivity index (χ3v) is 5.37. The van der Waals surface area contributed by atoms with Crippen molar-refractivity contribution in [1.82, 2.24) is 14.5 Å². The van der Waals surface area contributed by atoms with Crippen LogP contribution in [0.15, 0.2) is 46.0 Å². The second kappa shape index (κ2) is 8.07. The summed E-state index contributed by atoms with van der Waals surface area (Å²) in [4.78, 5) is 39.0. The molecule has 0 aliphatic heterocycles. The lowest BCUT2D eigenvalue weighted by atomic mass is 10.1. The number of nitrogens with one attached hydrogen (secondary N) is 1. The van der Waals surface area contributed by atoms with Gasteiger partial charge in [0.25, 0.3) is 5.56 Å². The van der Waals surface area contributed by atoms with Gasteiger partial charge in [0.1, 0.15) is 6.54 Å². The molecule has 0 saturated carbocycles. The van der Waals surface area contributed by atoms with Crippen molar-refractivity contribution in [3.8, 4) is 5.69 Å². The van der Waals surface area contributed by atoms with Crippen molar-refractivity contribution < 1.29 is 4.79 Å². The van der Waals surface area contributed by atoms with E-state index in [0.717, 1.165) is 27.7 Å². The highest BCUT2D eigenvalue weighted by Crippen LogP contribution is 2.15. The maximum Gasteiger partial charge on any atom is 0.336 e. The number of fused-ring (bicyclic) bond motifs is 1. The van der Waals surface area contributed by atoms with Crippen molar-refractivity contribution in [2.45, 2.75) is 53.6 Å². The van der Waals surface area contributed by atoms with Crippen LogP contribution in [0.25, 0.3) is 16.6 Å². The standard InChI is InChI=1S/C23H27N3O3/c1-6-17(5)24-21(27)13-25-20-10-7-14(2)11-19(20)22(28)26(23(25)29)18-9-8-15(3)16(4)12-18/h7-12,17H,6,13H2,1-5H3,(H,24,27)/t17-/m1/s1. The lowest BCUT2D eigenvalue weighted by molar-refractivity contribution is -0.122. The molecule has 1 amide bonds. The van der Waals surface area contributed by atoms with Gasteiger partial charge in [-0.05, 0) is 69.5 Å². The Morgan fingerprint density at radius 2 is 1.76 bits per heavy atom. The second-order valence-electron chi connectivity index (χ2n) is 7.68. The summed E-state index contributed by atoms with van der Waals surface area (Å²) in [7, 11) is 0. The molecule has 0 aliphatic rings. The first-order valence-electron chi connectivity index (χ1n) is 9.86. The third kappa shape index (κ3) is 4.01. The molecular formula is C23H27N3O3. The molecule has 2 aromatic carbocycles. The van der Waals surface area contributed by atoms with Gasteiger partial charge in [-0.2, -0.15) is 0 Å². The van der Waals surface area contributed by atoms with E-state index in [1.54, 1.807) is 18.2 Å². The van der Waals surface area contributed by atoms with E-state index in [0.29, 0.717) is 16.6 Å². The van der Waals surface area contributed by atoms with Gasteiger partial charge in [0.2, 0.25) is 5.91 Å². The number of aryl methyl sites for hydroxylation is 3. The molecule has 6 nitrogen and oxygen atoms in total. The normalized spacial score (nSPS) is 12.2. The molecule has 0 aliphatic carbocycles. The van der Waals surface area contributed by atoms with Crippen LogP contribution in [0, 0.1) is 20.8 Å². The first-order valence-corrected chi connectivity index (χ1v) is 9.86. The Balaban J connectivity index is 2.27. The Hall–Kier alpha value is -3.15. The molecule has 0 radical (unpaired) electrons. The number of hydrogen-bond acceptors (Lipinski definition) is 3. The molecule has 0 fully saturated rings. The fraction of sp³-hybridized carbons (Fsp3) is 0.348. The number of benzene rings is 2. The topological polar surface area (TPSA) is 73.1 Å². The van der Waals surface area contributed by atoms with Crippen LogP contribution in [0.1, 0.15) is 37.0 Å². The molecule has 0 unspecified atom stereocenters. The van der Waals surface area contributed by atoms with Crippen molar-refractivity contribution in [2.24, 2.45) is 0 Å². The largest absolute Gasteiger partial charge is 0.352 e. The highest BCUT2D eigenvalue weighted by atomic mass is 16.2. The van der Waals surface area contributed by atoms with Gasteiger partial charge in [-0.15, -0.1) is 0 Å². The van der Waals surface area contributed by atoms with Crippen molar-refractivity contribution in [1.29, 1.82) is 0 Å².